The first kappa shape index (κ1) is 15.5. The van der Waals surface area contributed by atoms with Gasteiger partial charge in [-0.15, -0.1) is 0 Å². The third-order valence-electron chi connectivity index (χ3n) is 4.70. The maximum atomic E-state index is 12.3. The Morgan fingerprint density at radius 2 is 2.27 bits per heavy atom. The summed E-state index contributed by atoms with van der Waals surface area (Å²) in [5.74, 6) is 2.63. The van der Waals surface area contributed by atoms with Crippen LogP contribution >= 0.6 is 0 Å². The molecule has 1 aliphatic carbocycles. The Balaban J connectivity index is 1.58. The highest BCUT2D eigenvalue weighted by Crippen LogP contribution is 2.33. The van der Waals surface area contributed by atoms with Crippen LogP contribution in [0.3, 0.4) is 0 Å². The molecule has 0 spiro atoms. The maximum absolute atomic E-state index is 12.3. The molecule has 0 radical (unpaired) electrons. The molecule has 0 N–H and O–H groups in total. The minimum Gasteiger partial charge on any atom is -0.381 e. The molecule has 5 nitrogen and oxygen atoms in total. The predicted molar refractivity (Wildman–Crippen MR) is 84.6 cm³/mol. The number of hydrogen-bond donors (Lipinski definition) is 0. The Kier molecular flexibility index (Phi) is 5.13. The fraction of sp³-hybridized carbons (Fsp3) is 0.765. The van der Waals surface area contributed by atoms with E-state index in [2.05, 4.69) is 15.7 Å². The van der Waals surface area contributed by atoms with Crippen molar-refractivity contribution in [3.05, 3.63) is 18.2 Å². The van der Waals surface area contributed by atoms with E-state index in [4.69, 9.17) is 4.74 Å². The minimum absolute atomic E-state index is 0.221. The van der Waals surface area contributed by atoms with E-state index >= 15 is 0 Å². The van der Waals surface area contributed by atoms with Gasteiger partial charge in [-0.2, -0.15) is 0 Å². The van der Waals surface area contributed by atoms with Gasteiger partial charge in [0.1, 0.15) is 5.82 Å². The monoisotopic (exact) mass is 305 g/mol. The van der Waals surface area contributed by atoms with E-state index in [1.165, 1.54) is 18.7 Å². The first-order valence-corrected chi connectivity index (χ1v) is 8.64. The highest BCUT2D eigenvalue weighted by molar-refractivity contribution is 5.76. The molecule has 3 rings (SSSR count). The van der Waals surface area contributed by atoms with Gasteiger partial charge in [0, 0.05) is 44.6 Å². The molecule has 122 valence electrons. The van der Waals surface area contributed by atoms with E-state index in [1.54, 1.807) is 0 Å². The fourth-order valence-corrected chi connectivity index (χ4v) is 3.29. The summed E-state index contributed by atoms with van der Waals surface area (Å²) in [6.07, 6.45) is 9.42. The number of carbonyl (C=O) groups excluding carboxylic acids is 1. The molecule has 5 heteroatoms. The number of ether oxygens (including phenoxy) is 1. The van der Waals surface area contributed by atoms with Crippen LogP contribution in [0.2, 0.25) is 0 Å². The lowest BCUT2D eigenvalue weighted by Gasteiger charge is -2.32. The second kappa shape index (κ2) is 7.27. The summed E-state index contributed by atoms with van der Waals surface area (Å²) in [6, 6.07) is 0. The number of nitrogens with zero attached hydrogens (tertiary/aromatic N) is 3. The lowest BCUT2D eigenvalue weighted by atomic mass is 9.96. The van der Waals surface area contributed by atoms with Crippen molar-refractivity contribution >= 4 is 5.91 Å². The lowest BCUT2D eigenvalue weighted by Crippen LogP contribution is -2.40. The Morgan fingerprint density at radius 1 is 1.41 bits per heavy atom. The summed E-state index contributed by atoms with van der Waals surface area (Å²) >= 11 is 0. The number of likely N-dealkylation sites (tertiary alicyclic amines) is 1. The summed E-state index contributed by atoms with van der Waals surface area (Å²) in [7, 11) is 0. The molecule has 1 saturated heterocycles. The van der Waals surface area contributed by atoms with Gasteiger partial charge >= 0.3 is 0 Å². The van der Waals surface area contributed by atoms with Crippen LogP contribution in [0, 0.1) is 5.92 Å². The number of rotatable bonds is 7. The number of hydrogen-bond acceptors (Lipinski definition) is 3. The normalized spacial score (nSPS) is 22.0. The fourth-order valence-electron chi connectivity index (χ4n) is 3.29. The third-order valence-corrected chi connectivity index (χ3v) is 4.70. The zero-order valence-corrected chi connectivity index (χ0v) is 13.5. The van der Waals surface area contributed by atoms with Gasteiger partial charge in [0.25, 0.3) is 0 Å². The van der Waals surface area contributed by atoms with E-state index in [0.717, 1.165) is 38.4 Å². The first-order chi connectivity index (χ1) is 10.8. The van der Waals surface area contributed by atoms with E-state index in [9.17, 15) is 4.79 Å². The molecule has 0 bridgehead atoms. The molecule has 1 aliphatic heterocycles. The molecule has 1 amide bonds. The maximum Gasteiger partial charge on any atom is 0.224 e. The van der Waals surface area contributed by atoms with Crippen molar-refractivity contribution in [1.82, 2.24) is 14.5 Å². The molecule has 2 aliphatic rings. The zero-order valence-electron chi connectivity index (χ0n) is 13.5. The molecular weight excluding hydrogens is 278 g/mol. The average molecular weight is 305 g/mol. The van der Waals surface area contributed by atoms with E-state index in [1.807, 2.05) is 18.0 Å². The largest absolute Gasteiger partial charge is 0.381 e. The average Bonchev–Trinajstić information content (AvgIpc) is 3.23. The molecule has 1 aromatic rings. The molecule has 2 heterocycles. The van der Waals surface area contributed by atoms with Crippen LogP contribution < -0.4 is 0 Å². The molecule has 1 unspecified atom stereocenters. The number of carbonyl (C=O) groups is 1. The van der Waals surface area contributed by atoms with Gasteiger partial charge in [-0.05, 0) is 38.5 Å². The van der Waals surface area contributed by atoms with Crippen molar-refractivity contribution in [3.8, 4) is 0 Å². The van der Waals surface area contributed by atoms with Gasteiger partial charge in [0.2, 0.25) is 5.91 Å². The molecule has 1 aromatic heterocycles. The van der Waals surface area contributed by atoms with Gasteiger partial charge in [0.05, 0.1) is 13.0 Å². The highest BCUT2D eigenvalue weighted by atomic mass is 16.5. The van der Waals surface area contributed by atoms with E-state index in [-0.39, 0.29) is 5.91 Å². The van der Waals surface area contributed by atoms with Gasteiger partial charge in [-0.25, -0.2) is 4.98 Å². The van der Waals surface area contributed by atoms with Gasteiger partial charge < -0.3 is 14.2 Å². The summed E-state index contributed by atoms with van der Waals surface area (Å²) in [5, 5.41) is 0. The Labute approximate surface area is 132 Å². The van der Waals surface area contributed by atoms with Crippen molar-refractivity contribution < 1.29 is 9.53 Å². The quantitative estimate of drug-likeness (QED) is 0.727. The van der Waals surface area contributed by atoms with E-state index < -0.39 is 0 Å². The lowest BCUT2D eigenvalue weighted by molar-refractivity contribution is -0.133. The summed E-state index contributed by atoms with van der Waals surface area (Å²) in [6.45, 7) is 5.96. The van der Waals surface area contributed by atoms with Crippen LogP contribution in [0.5, 0.6) is 0 Å². The molecule has 1 saturated carbocycles. The van der Waals surface area contributed by atoms with Crippen molar-refractivity contribution in [2.75, 3.05) is 26.3 Å². The third kappa shape index (κ3) is 3.88. The number of imidazole rings is 1. The van der Waals surface area contributed by atoms with Crippen LogP contribution in [0.15, 0.2) is 12.4 Å². The number of amides is 1. The van der Waals surface area contributed by atoms with Crippen LogP contribution in [0.4, 0.5) is 0 Å². The van der Waals surface area contributed by atoms with Crippen molar-refractivity contribution in [3.63, 3.8) is 0 Å². The van der Waals surface area contributed by atoms with Gasteiger partial charge in [-0.1, -0.05) is 0 Å². The molecule has 1 atom stereocenters. The molecular formula is C17H27N3O2. The van der Waals surface area contributed by atoms with Crippen LogP contribution in [0.25, 0.3) is 0 Å². The minimum atomic E-state index is 0.221. The zero-order chi connectivity index (χ0) is 15.4. The summed E-state index contributed by atoms with van der Waals surface area (Å²) < 4.78 is 7.62. The smallest absolute Gasteiger partial charge is 0.224 e. The molecule has 0 aromatic carbocycles. The highest BCUT2D eigenvalue weighted by Gasteiger charge is 2.29. The second-order valence-electron chi connectivity index (χ2n) is 6.51. The SMILES string of the molecule is CCOCCC(=O)N1CCCC(c2nccn2CC2CC2)C1. The van der Waals surface area contributed by atoms with Crippen LogP contribution in [-0.2, 0) is 16.1 Å². The topological polar surface area (TPSA) is 47.4 Å². The first-order valence-electron chi connectivity index (χ1n) is 8.64. The van der Waals surface area contributed by atoms with Crippen LogP contribution in [-0.4, -0.2) is 46.7 Å². The summed E-state index contributed by atoms with van der Waals surface area (Å²) in [4.78, 5) is 18.9. The Morgan fingerprint density at radius 3 is 3.05 bits per heavy atom. The predicted octanol–water partition coefficient (Wildman–Crippen LogP) is 2.43. The molecule has 2 fully saturated rings. The Bertz CT molecular complexity index is 496. The van der Waals surface area contributed by atoms with Crippen LogP contribution in [0.1, 0.15) is 50.8 Å². The second-order valence-corrected chi connectivity index (χ2v) is 6.51. The summed E-state index contributed by atoms with van der Waals surface area (Å²) in [5.41, 5.74) is 0. The van der Waals surface area contributed by atoms with Crippen molar-refractivity contribution in [1.29, 1.82) is 0 Å². The standard InChI is InChI=1S/C17H27N3O2/c1-2-22-11-7-16(21)19-9-3-4-15(13-19)17-18-8-10-20(17)12-14-5-6-14/h8,10,14-15H,2-7,9,11-13H2,1H3. The number of aromatic nitrogens is 2. The van der Waals surface area contributed by atoms with Gasteiger partial charge in [-0.3, -0.25) is 4.79 Å². The molecule has 22 heavy (non-hydrogen) atoms. The number of piperidine rings is 1. The van der Waals surface area contributed by atoms with Crippen molar-refractivity contribution in [2.24, 2.45) is 5.92 Å². The van der Waals surface area contributed by atoms with E-state index in [0.29, 0.717) is 25.6 Å². The van der Waals surface area contributed by atoms with Gasteiger partial charge in [0.15, 0.2) is 0 Å². The Hall–Kier alpha value is -1.36. The van der Waals surface area contributed by atoms with Crippen molar-refractivity contribution in [2.45, 2.75) is 51.5 Å².